The van der Waals surface area contributed by atoms with E-state index < -0.39 is 0 Å². The molecule has 0 aromatic heterocycles. The summed E-state index contributed by atoms with van der Waals surface area (Å²) in [5, 5.41) is 1.96. The van der Waals surface area contributed by atoms with E-state index in [2.05, 4.69) is 32.5 Å². The van der Waals surface area contributed by atoms with E-state index in [0.29, 0.717) is 5.41 Å². The van der Waals surface area contributed by atoms with Gasteiger partial charge in [-0.3, -0.25) is 0 Å². The molecule has 76 valence electrons. The topological polar surface area (TPSA) is 0 Å². The Balaban J connectivity index is 1.99. The quantitative estimate of drug-likeness (QED) is 0.565. The summed E-state index contributed by atoms with van der Waals surface area (Å²) < 4.78 is 0. The molecule has 0 bridgehead atoms. The Morgan fingerprint density at radius 1 is 1.08 bits per heavy atom. The lowest BCUT2D eigenvalue weighted by Gasteiger charge is -2.26. The summed E-state index contributed by atoms with van der Waals surface area (Å²) in [7, 11) is 0. The third-order valence-electron chi connectivity index (χ3n) is 3.66. The van der Waals surface area contributed by atoms with Gasteiger partial charge in [-0.2, -0.15) is 11.8 Å². The van der Waals surface area contributed by atoms with Crippen molar-refractivity contribution in [3.05, 3.63) is 0 Å². The lowest BCUT2D eigenvalue weighted by atomic mass is 9.81. The molecule has 0 amide bonds. The second kappa shape index (κ2) is 3.49. The molecule has 2 fully saturated rings. The third kappa shape index (κ3) is 2.06. The zero-order chi connectivity index (χ0) is 9.47. The Kier molecular flexibility index (Phi) is 2.65. The first kappa shape index (κ1) is 9.89. The molecule has 1 aliphatic heterocycles. The van der Waals surface area contributed by atoms with Gasteiger partial charge >= 0.3 is 0 Å². The summed E-state index contributed by atoms with van der Waals surface area (Å²) in [6.07, 6.45) is 7.51. The predicted molar refractivity (Wildman–Crippen MR) is 61.2 cm³/mol. The summed E-state index contributed by atoms with van der Waals surface area (Å²) >= 11 is 2.30. The third-order valence-corrected chi connectivity index (χ3v) is 5.86. The fourth-order valence-corrected chi connectivity index (χ4v) is 4.68. The van der Waals surface area contributed by atoms with Gasteiger partial charge in [-0.05, 0) is 30.6 Å². The van der Waals surface area contributed by atoms with E-state index in [0.717, 1.165) is 16.4 Å². The van der Waals surface area contributed by atoms with Crippen LogP contribution in [0.2, 0.25) is 0 Å². The van der Waals surface area contributed by atoms with Crippen molar-refractivity contribution in [2.24, 2.45) is 11.3 Å². The number of hydrogen-bond acceptors (Lipinski definition) is 1. The highest BCUT2D eigenvalue weighted by atomic mass is 32.2. The highest BCUT2D eigenvalue weighted by Gasteiger charge is 2.40. The second-order valence-corrected chi connectivity index (χ2v) is 7.26. The molecule has 0 radical (unpaired) electrons. The van der Waals surface area contributed by atoms with Gasteiger partial charge in [0.05, 0.1) is 0 Å². The minimum atomic E-state index is 0.530. The van der Waals surface area contributed by atoms with Crippen molar-refractivity contribution >= 4 is 11.8 Å². The van der Waals surface area contributed by atoms with Crippen molar-refractivity contribution < 1.29 is 0 Å². The Hall–Kier alpha value is 0.350. The Labute approximate surface area is 86.9 Å². The van der Waals surface area contributed by atoms with Crippen LogP contribution in [0.4, 0.5) is 0 Å². The van der Waals surface area contributed by atoms with Crippen molar-refractivity contribution in [2.75, 3.05) is 0 Å². The highest BCUT2D eigenvalue weighted by Crippen LogP contribution is 2.51. The smallest absolute Gasteiger partial charge is 0.0101 e. The molecule has 0 aromatic carbocycles. The van der Waals surface area contributed by atoms with Crippen molar-refractivity contribution in [2.45, 2.75) is 63.4 Å². The van der Waals surface area contributed by atoms with Gasteiger partial charge in [-0.1, -0.05) is 33.6 Å². The van der Waals surface area contributed by atoms with Gasteiger partial charge in [-0.25, -0.2) is 0 Å². The SMILES string of the molecule is CC(C)(C)C1CC2CCCCC2S1. The average Bonchev–Trinajstić information content (AvgIpc) is 2.45. The molecule has 0 N–H and O–H groups in total. The normalized spacial score (nSPS) is 40.4. The minimum Gasteiger partial charge on any atom is -0.154 e. The zero-order valence-electron chi connectivity index (χ0n) is 9.18. The maximum atomic E-state index is 2.40. The summed E-state index contributed by atoms with van der Waals surface area (Å²) in [5.74, 6) is 1.07. The number of rotatable bonds is 0. The van der Waals surface area contributed by atoms with Gasteiger partial charge in [0.2, 0.25) is 0 Å². The first-order valence-electron chi connectivity index (χ1n) is 5.73. The fraction of sp³-hybridized carbons (Fsp3) is 1.00. The first-order chi connectivity index (χ1) is 6.07. The Morgan fingerprint density at radius 2 is 1.77 bits per heavy atom. The van der Waals surface area contributed by atoms with Crippen molar-refractivity contribution in [3.8, 4) is 0 Å². The molecule has 0 spiro atoms. The monoisotopic (exact) mass is 198 g/mol. The van der Waals surface area contributed by atoms with Crippen LogP contribution in [0.25, 0.3) is 0 Å². The van der Waals surface area contributed by atoms with Crippen LogP contribution in [0, 0.1) is 11.3 Å². The number of thioether (sulfide) groups is 1. The highest BCUT2D eigenvalue weighted by molar-refractivity contribution is 8.00. The molecule has 0 aromatic rings. The van der Waals surface area contributed by atoms with E-state index in [9.17, 15) is 0 Å². The lowest BCUT2D eigenvalue weighted by molar-refractivity contribution is 0.316. The van der Waals surface area contributed by atoms with E-state index in [1.54, 1.807) is 0 Å². The molecule has 1 saturated heterocycles. The van der Waals surface area contributed by atoms with Crippen LogP contribution in [-0.2, 0) is 0 Å². The largest absolute Gasteiger partial charge is 0.154 e. The van der Waals surface area contributed by atoms with Crippen LogP contribution in [0.5, 0.6) is 0 Å². The predicted octanol–water partition coefficient (Wildman–Crippen LogP) is 4.10. The molecule has 2 rings (SSSR count). The van der Waals surface area contributed by atoms with Gasteiger partial charge in [-0.15, -0.1) is 0 Å². The van der Waals surface area contributed by atoms with Gasteiger partial charge in [0.25, 0.3) is 0 Å². The lowest BCUT2D eigenvalue weighted by Crippen LogP contribution is -2.20. The standard InChI is InChI=1S/C12H22S/c1-12(2,3)11-8-9-6-4-5-7-10(9)13-11/h9-11H,4-8H2,1-3H3. The van der Waals surface area contributed by atoms with E-state index >= 15 is 0 Å². The van der Waals surface area contributed by atoms with Crippen LogP contribution < -0.4 is 0 Å². The molecular weight excluding hydrogens is 176 g/mol. The molecule has 3 unspecified atom stereocenters. The average molecular weight is 198 g/mol. The Bertz CT molecular complexity index is 166. The second-order valence-electron chi connectivity index (χ2n) is 5.81. The zero-order valence-corrected chi connectivity index (χ0v) is 9.99. The van der Waals surface area contributed by atoms with Gasteiger partial charge in [0.1, 0.15) is 0 Å². The van der Waals surface area contributed by atoms with Crippen molar-refractivity contribution in [3.63, 3.8) is 0 Å². The van der Waals surface area contributed by atoms with E-state index in [-0.39, 0.29) is 0 Å². The Morgan fingerprint density at radius 3 is 2.38 bits per heavy atom. The molecule has 0 nitrogen and oxygen atoms in total. The summed E-state index contributed by atoms with van der Waals surface area (Å²) in [6.45, 7) is 7.21. The van der Waals surface area contributed by atoms with Crippen LogP contribution >= 0.6 is 11.8 Å². The van der Waals surface area contributed by atoms with Crippen LogP contribution in [-0.4, -0.2) is 10.5 Å². The number of hydrogen-bond donors (Lipinski definition) is 0. The molecule has 1 heterocycles. The van der Waals surface area contributed by atoms with Crippen LogP contribution in [0.3, 0.4) is 0 Å². The van der Waals surface area contributed by atoms with Crippen molar-refractivity contribution in [1.82, 2.24) is 0 Å². The molecule has 13 heavy (non-hydrogen) atoms. The van der Waals surface area contributed by atoms with E-state index in [4.69, 9.17) is 0 Å². The summed E-state index contributed by atoms with van der Waals surface area (Å²) in [5.41, 5.74) is 0.530. The van der Waals surface area contributed by atoms with Crippen molar-refractivity contribution in [1.29, 1.82) is 0 Å². The molecule has 3 atom stereocenters. The van der Waals surface area contributed by atoms with Crippen LogP contribution in [0.15, 0.2) is 0 Å². The first-order valence-corrected chi connectivity index (χ1v) is 6.67. The minimum absolute atomic E-state index is 0.530. The molecular formula is C12H22S. The van der Waals surface area contributed by atoms with E-state index in [1.807, 2.05) is 0 Å². The maximum Gasteiger partial charge on any atom is 0.0101 e. The molecule has 1 heteroatoms. The van der Waals surface area contributed by atoms with Crippen LogP contribution in [0.1, 0.15) is 52.9 Å². The van der Waals surface area contributed by atoms with Gasteiger partial charge in [0, 0.05) is 10.5 Å². The maximum absolute atomic E-state index is 2.40. The fourth-order valence-electron chi connectivity index (χ4n) is 2.72. The summed E-state index contributed by atoms with van der Waals surface area (Å²) in [4.78, 5) is 0. The molecule has 1 saturated carbocycles. The van der Waals surface area contributed by atoms with Gasteiger partial charge in [0.15, 0.2) is 0 Å². The van der Waals surface area contributed by atoms with E-state index in [1.165, 1.54) is 32.1 Å². The molecule has 1 aliphatic carbocycles. The molecule has 2 aliphatic rings. The summed E-state index contributed by atoms with van der Waals surface area (Å²) in [6, 6.07) is 0. The number of fused-ring (bicyclic) bond motifs is 1. The van der Waals surface area contributed by atoms with Gasteiger partial charge < -0.3 is 0 Å².